The number of nitrogens with zero attached hydrogens (tertiary/aromatic N) is 6. The maximum absolute atomic E-state index is 13.2. The number of carbonyl (C=O) groups excluding carboxylic acids is 1. The number of piperazine rings is 1. The van der Waals surface area contributed by atoms with E-state index < -0.39 is 18.0 Å². The highest BCUT2D eigenvalue weighted by molar-refractivity contribution is 5.95. The van der Waals surface area contributed by atoms with Crippen LogP contribution in [0.5, 0.6) is 0 Å². The van der Waals surface area contributed by atoms with Gasteiger partial charge in [-0.3, -0.25) is 9.48 Å². The molecule has 4 heterocycles. The lowest BCUT2D eigenvalue weighted by Gasteiger charge is -2.36. The van der Waals surface area contributed by atoms with Gasteiger partial charge in [0.15, 0.2) is 0 Å². The number of fused-ring (bicyclic) bond motifs is 1. The van der Waals surface area contributed by atoms with Crippen LogP contribution in [0.3, 0.4) is 0 Å². The summed E-state index contributed by atoms with van der Waals surface area (Å²) in [5.41, 5.74) is 2.47. The SMILES string of the molecule is Cn1cc(C(=O)N2CCN(c3ccc4nc(C(C)(C)C)cn4c3)CC2)c(C(F)F)n1. The molecule has 30 heavy (non-hydrogen) atoms. The molecule has 0 spiro atoms. The largest absolute Gasteiger partial charge is 0.367 e. The van der Waals surface area contributed by atoms with E-state index in [2.05, 4.69) is 35.8 Å². The minimum atomic E-state index is -2.77. The van der Waals surface area contributed by atoms with Gasteiger partial charge in [0, 0.05) is 57.2 Å². The molecule has 0 N–H and O–H groups in total. The van der Waals surface area contributed by atoms with Crippen LogP contribution in [-0.2, 0) is 12.5 Å². The normalized spacial score (nSPS) is 15.4. The molecule has 1 fully saturated rings. The molecule has 1 amide bonds. The number of aryl methyl sites for hydroxylation is 1. The molecule has 1 aliphatic rings. The summed E-state index contributed by atoms with van der Waals surface area (Å²) in [5.74, 6) is -0.391. The number of carbonyl (C=O) groups is 1. The summed E-state index contributed by atoms with van der Waals surface area (Å²) < 4.78 is 29.7. The summed E-state index contributed by atoms with van der Waals surface area (Å²) in [6.07, 6.45) is 2.69. The zero-order valence-electron chi connectivity index (χ0n) is 17.6. The molecule has 0 atom stereocenters. The van der Waals surface area contributed by atoms with Crippen LogP contribution >= 0.6 is 0 Å². The molecule has 9 heteroatoms. The van der Waals surface area contributed by atoms with E-state index in [4.69, 9.17) is 0 Å². The molecule has 0 unspecified atom stereocenters. The van der Waals surface area contributed by atoms with Crippen LogP contribution in [0.4, 0.5) is 14.5 Å². The van der Waals surface area contributed by atoms with Crippen LogP contribution < -0.4 is 4.90 Å². The second-order valence-corrected chi connectivity index (χ2v) is 8.71. The second kappa shape index (κ2) is 7.37. The van der Waals surface area contributed by atoms with Crippen molar-refractivity contribution >= 4 is 17.2 Å². The lowest BCUT2D eigenvalue weighted by Crippen LogP contribution is -2.49. The van der Waals surface area contributed by atoms with Gasteiger partial charge in [0.25, 0.3) is 12.3 Å². The Kier molecular flexibility index (Phi) is 4.99. The third-order valence-electron chi connectivity index (χ3n) is 5.43. The molecule has 1 saturated heterocycles. The maximum atomic E-state index is 13.2. The van der Waals surface area contributed by atoms with Crippen LogP contribution in [0.25, 0.3) is 5.65 Å². The fraction of sp³-hybridized carbons (Fsp3) is 0.476. The van der Waals surface area contributed by atoms with Gasteiger partial charge in [0.2, 0.25) is 0 Å². The quantitative estimate of drug-likeness (QED) is 0.658. The van der Waals surface area contributed by atoms with Crippen LogP contribution in [-0.4, -0.2) is 56.2 Å². The number of alkyl halides is 2. The molecule has 4 rings (SSSR count). The van der Waals surface area contributed by atoms with Gasteiger partial charge in [0.05, 0.1) is 16.9 Å². The fourth-order valence-electron chi connectivity index (χ4n) is 3.70. The number of halogens is 2. The van der Waals surface area contributed by atoms with Gasteiger partial charge in [-0.25, -0.2) is 13.8 Å². The number of rotatable bonds is 3. The van der Waals surface area contributed by atoms with Crippen LogP contribution in [0, 0.1) is 0 Å². The van der Waals surface area contributed by atoms with E-state index in [0.29, 0.717) is 26.2 Å². The van der Waals surface area contributed by atoms with E-state index in [-0.39, 0.29) is 11.0 Å². The first-order valence-corrected chi connectivity index (χ1v) is 9.98. The van der Waals surface area contributed by atoms with Gasteiger partial charge in [-0.1, -0.05) is 20.8 Å². The summed E-state index contributed by atoms with van der Waals surface area (Å²) in [7, 11) is 1.54. The smallest absolute Gasteiger partial charge is 0.282 e. The van der Waals surface area contributed by atoms with Gasteiger partial charge >= 0.3 is 0 Å². The Morgan fingerprint density at radius 1 is 1.07 bits per heavy atom. The first-order valence-electron chi connectivity index (χ1n) is 9.98. The molecule has 0 bridgehead atoms. The summed E-state index contributed by atoms with van der Waals surface area (Å²) in [6, 6.07) is 4.02. The highest BCUT2D eigenvalue weighted by atomic mass is 19.3. The molecule has 0 saturated carbocycles. The summed E-state index contributed by atoms with van der Waals surface area (Å²) in [4.78, 5) is 21.3. The molecule has 0 aliphatic carbocycles. The van der Waals surface area contributed by atoms with Crippen molar-refractivity contribution in [3.8, 4) is 0 Å². The fourth-order valence-corrected chi connectivity index (χ4v) is 3.70. The van der Waals surface area contributed by atoms with Crippen molar-refractivity contribution in [2.24, 2.45) is 7.05 Å². The van der Waals surface area contributed by atoms with Crippen molar-refractivity contribution in [1.29, 1.82) is 0 Å². The lowest BCUT2D eigenvalue weighted by molar-refractivity contribution is 0.0734. The molecule has 3 aromatic heterocycles. The molecule has 3 aromatic rings. The van der Waals surface area contributed by atoms with Crippen molar-refractivity contribution in [2.45, 2.75) is 32.6 Å². The topological polar surface area (TPSA) is 58.7 Å². The number of hydrogen-bond acceptors (Lipinski definition) is 4. The van der Waals surface area contributed by atoms with Crippen molar-refractivity contribution in [2.75, 3.05) is 31.1 Å². The van der Waals surface area contributed by atoms with E-state index in [0.717, 1.165) is 17.0 Å². The molecule has 1 aliphatic heterocycles. The molecule has 7 nitrogen and oxygen atoms in total. The second-order valence-electron chi connectivity index (χ2n) is 8.71. The first kappa shape index (κ1) is 20.3. The summed E-state index contributed by atoms with van der Waals surface area (Å²) >= 11 is 0. The standard InChI is InChI=1S/C21H26F2N6O/c1-21(2,3)16-13-29-11-14(5-6-17(29)24-16)27-7-9-28(10-8-27)20(30)15-12-26(4)25-18(15)19(22)23/h5-6,11-13,19H,7-10H2,1-4H3. The molecular formula is C21H26F2N6O. The molecule has 160 valence electrons. The highest BCUT2D eigenvalue weighted by Crippen LogP contribution is 2.25. The average molecular weight is 416 g/mol. The van der Waals surface area contributed by atoms with Gasteiger partial charge in [-0.05, 0) is 12.1 Å². The van der Waals surface area contributed by atoms with Crippen LogP contribution in [0.15, 0.2) is 30.7 Å². The van der Waals surface area contributed by atoms with E-state index >= 15 is 0 Å². The Morgan fingerprint density at radius 2 is 1.77 bits per heavy atom. The first-order chi connectivity index (χ1) is 14.1. The van der Waals surface area contributed by atoms with Gasteiger partial charge < -0.3 is 14.2 Å². The van der Waals surface area contributed by atoms with E-state index in [1.807, 2.05) is 28.9 Å². The van der Waals surface area contributed by atoms with E-state index in [9.17, 15) is 13.6 Å². The van der Waals surface area contributed by atoms with Gasteiger partial charge in [-0.2, -0.15) is 5.10 Å². The Labute approximate surface area is 173 Å². The minimum absolute atomic E-state index is 0.0181. The van der Waals surface area contributed by atoms with Gasteiger partial charge in [-0.15, -0.1) is 0 Å². The van der Waals surface area contributed by atoms with Crippen molar-refractivity contribution in [1.82, 2.24) is 24.1 Å². The summed E-state index contributed by atoms with van der Waals surface area (Å²) in [6.45, 7) is 8.58. The van der Waals surface area contributed by atoms with Crippen molar-refractivity contribution in [3.05, 3.63) is 47.7 Å². The number of anilines is 1. The monoisotopic (exact) mass is 416 g/mol. The van der Waals surface area contributed by atoms with Crippen molar-refractivity contribution in [3.63, 3.8) is 0 Å². The predicted molar refractivity (Wildman–Crippen MR) is 110 cm³/mol. The average Bonchev–Trinajstić information content (AvgIpc) is 3.30. The number of imidazole rings is 1. The zero-order valence-corrected chi connectivity index (χ0v) is 17.6. The van der Waals surface area contributed by atoms with Crippen molar-refractivity contribution < 1.29 is 13.6 Å². The third kappa shape index (κ3) is 3.76. The highest BCUT2D eigenvalue weighted by Gasteiger charge is 2.29. The van der Waals surface area contributed by atoms with Crippen LogP contribution in [0.1, 0.15) is 48.9 Å². The third-order valence-corrected chi connectivity index (χ3v) is 5.43. The number of aromatic nitrogens is 4. The minimum Gasteiger partial charge on any atom is -0.367 e. The summed E-state index contributed by atoms with van der Waals surface area (Å²) in [5, 5.41) is 3.74. The lowest BCUT2D eigenvalue weighted by atomic mass is 9.93. The molecule has 0 radical (unpaired) electrons. The predicted octanol–water partition coefficient (Wildman–Crippen LogP) is 3.27. The van der Waals surface area contributed by atoms with E-state index in [1.165, 1.54) is 17.9 Å². The molecule has 0 aromatic carbocycles. The Balaban J connectivity index is 1.47. The van der Waals surface area contributed by atoms with Gasteiger partial charge in [0.1, 0.15) is 11.3 Å². The van der Waals surface area contributed by atoms with E-state index in [1.54, 1.807) is 4.90 Å². The molecular weight excluding hydrogens is 390 g/mol. The van der Waals surface area contributed by atoms with Crippen LogP contribution in [0.2, 0.25) is 0 Å². The maximum Gasteiger partial charge on any atom is 0.282 e. The zero-order chi connectivity index (χ0) is 21.6. The number of pyridine rings is 1. The number of hydrogen-bond donors (Lipinski definition) is 0. The Morgan fingerprint density at radius 3 is 2.40 bits per heavy atom. The Hall–Kier alpha value is -2.97. The Bertz CT molecular complexity index is 1070. The number of amides is 1.